The molecule has 2 heterocycles. The lowest BCUT2D eigenvalue weighted by molar-refractivity contribution is -0.126. The molecule has 1 atom stereocenters. The molecule has 2 amide bonds. The zero-order valence-electron chi connectivity index (χ0n) is 18.1. The summed E-state index contributed by atoms with van der Waals surface area (Å²) in [6.07, 6.45) is 0. The van der Waals surface area contributed by atoms with E-state index in [0.29, 0.717) is 22.5 Å². The minimum atomic E-state index is -1.03. The van der Waals surface area contributed by atoms with E-state index in [0.717, 1.165) is 11.1 Å². The van der Waals surface area contributed by atoms with Gasteiger partial charge in [-0.3, -0.25) is 14.5 Å². The van der Waals surface area contributed by atoms with E-state index in [4.69, 9.17) is 4.42 Å². The summed E-state index contributed by atoms with van der Waals surface area (Å²) in [5, 5.41) is 10.9. The molecule has 160 valence electrons. The van der Waals surface area contributed by atoms with Crippen molar-refractivity contribution < 1.29 is 14.0 Å². The number of rotatable bonds is 4. The van der Waals surface area contributed by atoms with E-state index >= 15 is 0 Å². The summed E-state index contributed by atoms with van der Waals surface area (Å²) in [6, 6.07) is 13.2. The monoisotopic (exact) mass is 436 g/mol. The lowest BCUT2D eigenvalue weighted by Gasteiger charge is -2.42. The molecule has 31 heavy (non-hydrogen) atoms. The molecule has 0 spiro atoms. The molecular weight excluding hydrogens is 412 g/mol. The molecule has 8 heteroatoms. The van der Waals surface area contributed by atoms with Crippen molar-refractivity contribution in [1.82, 2.24) is 10.2 Å². The van der Waals surface area contributed by atoms with Crippen molar-refractivity contribution in [2.24, 2.45) is 0 Å². The van der Waals surface area contributed by atoms with Crippen LogP contribution in [0.1, 0.15) is 31.9 Å². The number of nitrogens with one attached hydrogen (secondary N) is 1. The Balaban J connectivity index is 1.57. The van der Waals surface area contributed by atoms with E-state index in [9.17, 15) is 9.59 Å². The smallest absolute Gasteiger partial charge is 0.277 e. The fourth-order valence-electron chi connectivity index (χ4n) is 3.48. The van der Waals surface area contributed by atoms with Crippen molar-refractivity contribution in [2.75, 3.05) is 10.2 Å². The third-order valence-corrected chi connectivity index (χ3v) is 6.44. The first-order chi connectivity index (χ1) is 14.7. The van der Waals surface area contributed by atoms with Gasteiger partial charge in [0, 0.05) is 5.56 Å². The molecular formula is C23H24N4O3S. The summed E-state index contributed by atoms with van der Waals surface area (Å²) in [5.74, 6) is -0.0249. The molecule has 2 aromatic carbocycles. The highest BCUT2D eigenvalue weighted by Crippen LogP contribution is 2.38. The number of benzene rings is 2. The van der Waals surface area contributed by atoms with E-state index in [-0.39, 0.29) is 11.8 Å². The summed E-state index contributed by atoms with van der Waals surface area (Å²) in [7, 11) is 0. The molecule has 4 rings (SSSR count). The first kappa shape index (κ1) is 21.1. The quantitative estimate of drug-likeness (QED) is 0.602. The van der Waals surface area contributed by atoms with Crippen LogP contribution in [0.5, 0.6) is 0 Å². The number of amides is 2. The van der Waals surface area contributed by atoms with Crippen molar-refractivity contribution in [1.29, 1.82) is 0 Å². The number of hydrogen-bond acceptors (Lipinski definition) is 6. The van der Waals surface area contributed by atoms with Crippen molar-refractivity contribution >= 4 is 35.0 Å². The topological polar surface area (TPSA) is 88.3 Å². The zero-order chi connectivity index (χ0) is 22.3. The van der Waals surface area contributed by atoms with Crippen molar-refractivity contribution in [2.45, 2.75) is 50.6 Å². The van der Waals surface area contributed by atoms with Crippen LogP contribution in [0.25, 0.3) is 11.5 Å². The van der Waals surface area contributed by atoms with E-state index in [1.54, 1.807) is 31.7 Å². The van der Waals surface area contributed by atoms with Gasteiger partial charge in [-0.15, -0.1) is 10.2 Å². The molecule has 0 saturated carbocycles. The van der Waals surface area contributed by atoms with Crippen LogP contribution in [0.2, 0.25) is 0 Å². The highest BCUT2D eigenvalue weighted by atomic mass is 32.2. The number of hydrogen-bond donors (Lipinski definition) is 1. The van der Waals surface area contributed by atoms with Crippen LogP contribution >= 0.6 is 11.8 Å². The Morgan fingerprint density at radius 2 is 1.87 bits per heavy atom. The number of anilines is 2. The van der Waals surface area contributed by atoms with Gasteiger partial charge in [-0.25, -0.2) is 0 Å². The summed E-state index contributed by atoms with van der Waals surface area (Å²) in [6.45, 7) is 9.32. The van der Waals surface area contributed by atoms with Gasteiger partial charge in [0.05, 0.1) is 16.6 Å². The Labute approximate surface area is 185 Å². The molecule has 1 aromatic heterocycles. The Morgan fingerprint density at radius 1 is 1.13 bits per heavy atom. The summed E-state index contributed by atoms with van der Waals surface area (Å²) in [5.41, 5.74) is 3.42. The van der Waals surface area contributed by atoms with Gasteiger partial charge >= 0.3 is 0 Å². The summed E-state index contributed by atoms with van der Waals surface area (Å²) < 4.78 is 5.81. The van der Waals surface area contributed by atoms with Gasteiger partial charge in [0.25, 0.3) is 5.22 Å². The average Bonchev–Trinajstić information content (AvgIpc) is 3.19. The van der Waals surface area contributed by atoms with Crippen molar-refractivity contribution in [3.05, 3.63) is 53.6 Å². The van der Waals surface area contributed by atoms with Crippen LogP contribution in [0.3, 0.4) is 0 Å². The van der Waals surface area contributed by atoms with E-state index in [1.807, 2.05) is 50.2 Å². The second-order valence-corrected chi connectivity index (χ2v) is 9.43. The number of nitrogens with zero attached hydrogens (tertiary/aromatic N) is 3. The van der Waals surface area contributed by atoms with E-state index < -0.39 is 10.8 Å². The largest absolute Gasteiger partial charge is 0.411 e. The highest BCUT2D eigenvalue weighted by Gasteiger charge is 2.45. The molecule has 1 aliphatic heterocycles. The van der Waals surface area contributed by atoms with Crippen molar-refractivity contribution in [3.8, 4) is 11.5 Å². The number of aromatic nitrogens is 2. The molecule has 3 aromatic rings. The van der Waals surface area contributed by atoms with Gasteiger partial charge in [-0.1, -0.05) is 30.0 Å². The highest BCUT2D eigenvalue weighted by molar-refractivity contribution is 8.00. The van der Waals surface area contributed by atoms with E-state index in [2.05, 4.69) is 15.5 Å². The Hall–Kier alpha value is -3.13. The maximum Gasteiger partial charge on any atom is 0.277 e. The first-order valence-electron chi connectivity index (χ1n) is 10.0. The van der Waals surface area contributed by atoms with Gasteiger partial charge in [0.2, 0.25) is 17.7 Å². The first-order valence-corrected chi connectivity index (χ1v) is 10.9. The second kappa shape index (κ2) is 7.85. The third kappa shape index (κ3) is 3.83. The van der Waals surface area contributed by atoms with Crippen LogP contribution in [0, 0.1) is 13.8 Å². The molecule has 0 bridgehead atoms. The molecule has 7 nitrogen and oxygen atoms in total. The predicted molar refractivity (Wildman–Crippen MR) is 121 cm³/mol. The number of para-hydroxylation sites is 2. The molecule has 0 saturated heterocycles. The average molecular weight is 437 g/mol. The lowest BCUT2D eigenvalue weighted by Crippen LogP contribution is -2.60. The summed E-state index contributed by atoms with van der Waals surface area (Å²) >= 11 is 1.18. The molecule has 0 aliphatic carbocycles. The summed E-state index contributed by atoms with van der Waals surface area (Å²) in [4.78, 5) is 27.6. The van der Waals surface area contributed by atoms with E-state index in [1.165, 1.54) is 17.3 Å². The SMILES string of the molecule is Cc1ccc(-c2nnc(SC(C)C(=O)N3c4ccccc4NC(=O)C3(C)C)o2)cc1C. The van der Waals surface area contributed by atoms with Crippen LogP contribution in [-0.4, -0.2) is 32.8 Å². The third-order valence-electron chi connectivity index (χ3n) is 5.51. The fraction of sp³-hybridized carbons (Fsp3) is 0.304. The zero-order valence-corrected chi connectivity index (χ0v) is 18.9. The minimum absolute atomic E-state index is 0.205. The predicted octanol–water partition coefficient (Wildman–Crippen LogP) is 4.60. The fourth-order valence-corrected chi connectivity index (χ4v) is 4.20. The number of thioether (sulfide) groups is 1. The molecule has 1 N–H and O–H groups in total. The maximum absolute atomic E-state index is 13.4. The Bertz CT molecular complexity index is 1170. The second-order valence-electron chi connectivity index (χ2n) is 8.14. The van der Waals surface area contributed by atoms with Gasteiger partial charge in [0.15, 0.2) is 0 Å². The normalized spacial score (nSPS) is 15.9. The lowest BCUT2D eigenvalue weighted by atomic mass is 9.96. The van der Waals surface area contributed by atoms with Gasteiger partial charge in [0.1, 0.15) is 5.54 Å². The molecule has 1 aliphatic rings. The van der Waals surface area contributed by atoms with Gasteiger partial charge < -0.3 is 9.73 Å². The molecule has 0 radical (unpaired) electrons. The Kier molecular flexibility index (Phi) is 5.35. The van der Waals surface area contributed by atoms with Crippen molar-refractivity contribution in [3.63, 3.8) is 0 Å². The van der Waals surface area contributed by atoms with Crippen LogP contribution < -0.4 is 10.2 Å². The van der Waals surface area contributed by atoms with Crippen LogP contribution in [0.4, 0.5) is 11.4 Å². The standard InChI is InChI=1S/C23H24N4O3S/c1-13-10-11-16(12-14(13)2)19-25-26-22(30-19)31-15(3)20(28)27-18-9-7-6-8-17(18)24-21(29)23(27,4)5/h6-12,15H,1-5H3,(H,24,29). The number of carbonyl (C=O) groups is 2. The molecule has 1 unspecified atom stereocenters. The van der Waals surface area contributed by atoms with Gasteiger partial charge in [-0.2, -0.15) is 0 Å². The van der Waals surface area contributed by atoms with Gasteiger partial charge in [-0.05, 0) is 70.0 Å². The Morgan fingerprint density at radius 3 is 2.61 bits per heavy atom. The minimum Gasteiger partial charge on any atom is -0.411 e. The molecule has 0 fully saturated rings. The van der Waals surface area contributed by atoms with Crippen LogP contribution in [-0.2, 0) is 9.59 Å². The maximum atomic E-state index is 13.4. The number of carbonyl (C=O) groups excluding carboxylic acids is 2. The van der Waals surface area contributed by atoms with Crippen LogP contribution in [0.15, 0.2) is 52.1 Å². The number of aryl methyl sites for hydroxylation is 2. The number of fused-ring (bicyclic) bond motifs is 1.